The molecule has 3 aromatic heterocycles. The summed E-state index contributed by atoms with van der Waals surface area (Å²) in [6, 6.07) is 10.8. The molecule has 0 atom stereocenters. The van der Waals surface area contributed by atoms with Gasteiger partial charge in [0.25, 0.3) is 11.4 Å². The van der Waals surface area contributed by atoms with E-state index < -0.39 is 5.56 Å². The van der Waals surface area contributed by atoms with Gasteiger partial charge in [0, 0.05) is 18.3 Å². The maximum absolute atomic E-state index is 13.1. The van der Waals surface area contributed by atoms with Gasteiger partial charge in [-0.1, -0.05) is 25.0 Å². The van der Waals surface area contributed by atoms with Crippen LogP contribution in [0.3, 0.4) is 0 Å². The minimum atomic E-state index is -0.647. The zero-order valence-electron chi connectivity index (χ0n) is 19.5. The Bertz CT molecular complexity index is 1370. The second-order valence-corrected chi connectivity index (χ2v) is 8.36. The summed E-state index contributed by atoms with van der Waals surface area (Å²) in [6.45, 7) is 0. The van der Waals surface area contributed by atoms with Crippen LogP contribution < -0.4 is 15.0 Å². The molecule has 10 nitrogen and oxygen atoms in total. The van der Waals surface area contributed by atoms with E-state index in [1.807, 2.05) is 18.2 Å². The molecule has 1 aliphatic carbocycles. The Labute approximate surface area is 201 Å². The maximum Gasteiger partial charge on any atom is 0.289 e. The van der Waals surface area contributed by atoms with Gasteiger partial charge < -0.3 is 19.0 Å². The second-order valence-electron chi connectivity index (χ2n) is 8.36. The summed E-state index contributed by atoms with van der Waals surface area (Å²) in [6.07, 6.45) is 5.64. The highest BCUT2D eigenvalue weighted by atomic mass is 16.5. The van der Waals surface area contributed by atoms with E-state index in [2.05, 4.69) is 20.2 Å². The van der Waals surface area contributed by atoms with Crippen LogP contribution in [-0.4, -0.2) is 44.1 Å². The standard InChI is InChI=1S/C25H25N5O5/c1-33-17-7-5-8-18(34-2)22(17)30-19(12-11-15-9-10-15)27-23(31)21(25(30)32)24-29-28-20(35-24)14-16-6-3-4-13-26-16/h3-8,13,15,32H,9-12,14H2,1-2H3. The number of benzene rings is 1. The molecular weight excluding hydrogens is 450 g/mol. The zero-order chi connectivity index (χ0) is 24.4. The third kappa shape index (κ3) is 4.59. The van der Waals surface area contributed by atoms with Crippen LogP contribution in [0.15, 0.2) is 51.8 Å². The summed E-state index contributed by atoms with van der Waals surface area (Å²) in [5.74, 6) is 1.67. The van der Waals surface area contributed by atoms with Crippen molar-refractivity contribution >= 4 is 0 Å². The van der Waals surface area contributed by atoms with Crippen LogP contribution in [0.1, 0.15) is 36.7 Å². The highest BCUT2D eigenvalue weighted by Crippen LogP contribution is 2.39. The van der Waals surface area contributed by atoms with Crippen LogP contribution in [0.4, 0.5) is 0 Å². The average Bonchev–Trinajstić information content (AvgIpc) is 3.60. The Kier molecular flexibility index (Phi) is 6.17. The number of hydrogen-bond donors (Lipinski definition) is 1. The molecule has 0 bridgehead atoms. The molecule has 0 amide bonds. The van der Waals surface area contributed by atoms with Gasteiger partial charge >= 0.3 is 0 Å². The predicted octanol–water partition coefficient (Wildman–Crippen LogP) is 3.33. The van der Waals surface area contributed by atoms with E-state index in [-0.39, 0.29) is 29.6 Å². The first-order chi connectivity index (χ1) is 17.1. The molecule has 0 unspecified atom stereocenters. The van der Waals surface area contributed by atoms with Crippen molar-refractivity contribution in [3.05, 3.63) is 70.4 Å². The summed E-state index contributed by atoms with van der Waals surface area (Å²) < 4.78 is 18.4. The lowest BCUT2D eigenvalue weighted by Gasteiger charge is -2.20. The second kappa shape index (κ2) is 9.57. The first-order valence-electron chi connectivity index (χ1n) is 11.4. The fourth-order valence-electron chi connectivity index (χ4n) is 4.02. The molecule has 180 valence electrons. The zero-order valence-corrected chi connectivity index (χ0v) is 19.5. The SMILES string of the molecule is COc1cccc(OC)c1-n1c(CCC2CC2)nc(=O)c(-c2nnc(Cc3ccccn3)o2)c1O. The van der Waals surface area contributed by atoms with Gasteiger partial charge in [0.05, 0.1) is 20.6 Å². The number of aromatic hydroxyl groups is 1. The minimum absolute atomic E-state index is 0.123. The van der Waals surface area contributed by atoms with E-state index in [0.717, 1.165) is 25.0 Å². The number of para-hydroxylation sites is 1. The quantitative estimate of drug-likeness (QED) is 0.388. The van der Waals surface area contributed by atoms with Crippen LogP contribution >= 0.6 is 0 Å². The van der Waals surface area contributed by atoms with Crippen molar-refractivity contribution in [1.29, 1.82) is 0 Å². The van der Waals surface area contributed by atoms with Gasteiger partial charge in [-0.25, -0.2) is 0 Å². The number of pyridine rings is 1. The lowest BCUT2D eigenvalue weighted by Crippen LogP contribution is -2.20. The molecule has 1 saturated carbocycles. The number of rotatable bonds is 9. The van der Waals surface area contributed by atoms with Gasteiger partial charge in [-0.3, -0.25) is 14.3 Å². The third-order valence-electron chi connectivity index (χ3n) is 5.98. The van der Waals surface area contributed by atoms with Gasteiger partial charge in [-0.15, -0.1) is 10.2 Å². The van der Waals surface area contributed by atoms with Gasteiger partial charge in [0.2, 0.25) is 11.8 Å². The van der Waals surface area contributed by atoms with Crippen molar-refractivity contribution in [3.63, 3.8) is 0 Å². The molecule has 35 heavy (non-hydrogen) atoms. The van der Waals surface area contributed by atoms with Crippen molar-refractivity contribution in [2.45, 2.75) is 32.1 Å². The number of ether oxygens (including phenoxy) is 2. The summed E-state index contributed by atoms with van der Waals surface area (Å²) >= 11 is 0. The minimum Gasteiger partial charge on any atom is -0.494 e. The van der Waals surface area contributed by atoms with Gasteiger partial charge in [-0.2, -0.15) is 4.98 Å². The largest absolute Gasteiger partial charge is 0.494 e. The molecule has 0 radical (unpaired) electrons. The molecule has 1 fully saturated rings. The van der Waals surface area contributed by atoms with Crippen LogP contribution in [-0.2, 0) is 12.8 Å². The molecule has 0 saturated heterocycles. The summed E-state index contributed by atoms with van der Waals surface area (Å²) in [5, 5.41) is 19.5. The molecule has 4 aromatic rings. The number of nitrogens with zero attached hydrogens (tertiary/aromatic N) is 5. The van der Waals surface area contributed by atoms with E-state index in [4.69, 9.17) is 13.9 Å². The molecule has 0 spiro atoms. The maximum atomic E-state index is 13.1. The highest BCUT2D eigenvalue weighted by Gasteiger charge is 2.28. The van der Waals surface area contributed by atoms with Crippen LogP contribution in [0.2, 0.25) is 0 Å². The molecule has 1 N–H and O–H groups in total. The normalized spacial score (nSPS) is 13.1. The number of hydrogen-bond acceptors (Lipinski definition) is 9. The van der Waals surface area contributed by atoms with E-state index in [9.17, 15) is 9.90 Å². The van der Waals surface area contributed by atoms with Crippen LogP contribution in [0.25, 0.3) is 17.1 Å². The molecule has 1 aliphatic rings. The van der Waals surface area contributed by atoms with Crippen molar-refractivity contribution in [1.82, 2.24) is 24.7 Å². The summed E-state index contributed by atoms with van der Waals surface area (Å²) in [4.78, 5) is 21.7. The Morgan fingerprint density at radius 1 is 1.09 bits per heavy atom. The fourth-order valence-corrected chi connectivity index (χ4v) is 4.02. The van der Waals surface area contributed by atoms with E-state index >= 15 is 0 Å². The molecule has 1 aromatic carbocycles. The predicted molar refractivity (Wildman–Crippen MR) is 126 cm³/mol. The summed E-state index contributed by atoms with van der Waals surface area (Å²) in [7, 11) is 3.05. The monoisotopic (exact) mass is 475 g/mol. The lowest BCUT2D eigenvalue weighted by molar-refractivity contribution is 0.379. The van der Waals surface area contributed by atoms with Gasteiger partial charge in [0.15, 0.2) is 5.56 Å². The molecule has 5 rings (SSSR count). The van der Waals surface area contributed by atoms with Gasteiger partial charge in [-0.05, 0) is 36.6 Å². The molecular formula is C25H25N5O5. The number of aromatic nitrogens is 5. The lowest BCUT2D eigenvalue weighted by atomic mass is 10.1. The van der Waals surface area contributed by atoms with Gasteiger partial charge in [0.1, 0.15) is 23.0 Å². The summed E-state index contributed by atoms with van der Waals surface area (Å²) in [5.41, 5.74) is 0.332. The van der Waals surface area contributed by atoms with E-state index in [0.29, 0.717) is 35.3 Å². The first kappa shape index (κ1) is 22.6. The Balaban J connectivity index is 1.64. The third-order valence-corrected chi connectivity index (χ3v) is 5.98. The Morgan fingerprint density at radius 2 is 1.86 bits per heavy atom. The molecule has 3 heterocycles. The van der Waals surface area contributed by atoms with Crippen LogP contribution in [0, 0.1) is 5.92 Å². The Hall–Kier alpha value is -4.21. The highest BCUT2D eigenvalue weighted by molar-refractivity contribution is 5.65. The smallest absolute Gasteiger partial charge is 0.289 e. The van der Waals surface area contributed by atoms with Crippen molar-refractivity contribution in [3.8, 4) is 34.5 Å². The topological polar surface area (TPSA) is 125 Å². The van der Waals surface area contributed by atoms with Crippen molar-refractivity contribution in [2.24, 2.45) is 5.92 Å². The fraction of sp³-hybridized carbons (Fsp3) is 0.320. The number of methoxy groups -OCH3 is 2. The molecule has 10 heteroatoms. The van der Waals surface area contributed by atoms with E-state index in [1.165, 1.54) is 18.8 Å². The molecule has 0 aliphatic heterocycles. The van der Waals surface area contributed by atoms with Crippen LogP contribution in [0.5, 0.6) is 17.4 Å². The van der Waals surface area contributed by atoms with E-state index in [1.54, 1.807) is 24.4 Å². The Morgan fingerprint density at radius 3 is 2.51 bits per heavy atom. The first-order valence-corrected chi connectivity index (χ1v) is 11.4. The number of aryl methyl sites for hydroxylation is 1. The van der Waals surface area contributed by atoms with Crippen molar-refractivity contribution in [2.75, 3.05) is 14.2 Å². The van der Waals surface area contributed by atoms with Crippen molar-refractivity contribution < 1.29 is 19.0 Å². The average molecular weight is 476 g/mol.